The topological polar surface area (TPSA) is 8.81 Å². The molecular weight excluding hydrogens is 484 g/mol. The lowest BCUT2D eigenvalue weighted by atomic mass is 10.0. The van der Waals surface area contributed by atoms with Crippen molar-refractivity contribution in [2.75, 3.05) is 0 Å². The highest BCUT2D eigenvalue weighted by molar-refractivity contribution is 4.84. The van der Waals surface area contributed by atoms with Gasteiger partial charge in [0.15, 0.2) is 0 Å². The van der Waals surface area contributed by atoms with E-state index in [0.29, 0.717) is 0 Å². The van der Waals surface area contributed by atoms with E-state index in [-0.39, 0.29) is 0 Å². The van der Waals surface area contributed by atoms with Gasteiger partial charge >= 0.3 is 0 Å². The Balaban J connectivity index is 2.10. The van der Waals surface area contributed by atoms with Gasteiger partial charge in [0.05, 0.1) is 13.1 Å². The molecular formula is C38H75N2+. The summed E-state index contributed by atoms with van der Waals surface area (Å²) in [5, 5.41) is 0. The Morgan fingerprint density at radius 3 is 1.18 bits per heavy atom. The second-order valence-corrected chi connectivity index (χ2v) is 13.0. The van der Waals surface area contributed by atoms with Gasteiger partial charge in [0.25, 0.3) is 5.82 Å². The summed E-state index contributed by atoms with van der Waals surface area (Å²) in [5.74, 6) is 1.60. The molecule has 0 fully saturated rings. The van der Waals surface area contributed by atoms with E-state index in [1.54, 1.807) is 5.82 Å². The molecule has 236 valence electrons. The molecule has 0 spiro atoms. The van der Waals surface area contributed by atoms with Gasteiger partial charge in [-0.15, -0.1) is 0 Å². The zero-order valence-electron chi connectivity index (χ0n) is 28.2. The van der Waals surface area contributed by atoms with Crippen molar-refractivity contribution in [1.82, 2.24) is 4.57 Å². The molecule has 0 aliphatic carbocycles. The number of imidazole rings is 1. The molecule has 0 saturated carbocycles. The van der Waals surface area contributed by atoms with E-state index in [1.165, 1.54) is 206 Å². The van der Waals surface area contributed by atoms with E-state index >= 15 is 0 Å². The molecule has 40 heavy (non-hydrogen) atoms. The molecule has 1 aromatic heterocycles. The van der Waals surface area contributed by atoms with Crippen LogP contribution in [0.2, 0.25) is 0 Å². The SMILES string of the molecule is CCCCCCCCCCCCCCCC[n+]1ccn(CCCC)c1CCCCCCCCCCCCCCC. The average molecular weight is 560 g/mol. The van der Waals surface area contributed by atoms with Crippen molar-refractivity contribution in [2.24, 2.45) is 0 Å². The van der Waals surface area contributed by atoms with E-state index in [4.69, 9.17) is 0 Å². The first kappa shape index (κ1) is 37.2. The van der Waals surface area contributed by atoms with Crippen LogP contribution in [-0.2, 0) is 19.5 Å². The molecule has 0 amide bonds. The van der Waals surface area contributed by atoms with Crippen LogP contribution in [-0.4, -0.2) is 4.57 Å². The summed E-state index contributed by atoms with van der Waals surface area (Å²) in [6.45, 7) is 9.37. The van der Waals surface area contributed by atoms with E-state index in [9.17, 15) is 0 Å². The van der Waals surface area contributed by atoms with Crippen molar-refractivity contribution < 1.29 is 4.57 Å². The van der Waals surface area contributed by atoms with Crippen LogP contribution in [0.1, 0.15) is 213 Å². The van der Waals surface area contributed by atoms with E-state index in [0.717, 1.165) is 0 Å². The van der Waals surface area contributed by atoms with Gasteiger partial charge in [-0.1, -0.05) is 181 Å². The highest BCUT2D eigenvalue weighted by Gasteiger charge is 2.16. The van der Waals surface area contributed by atoms with Crippen LogP contribution >= 0.6 is 0 Å². The summed E-state index contributed by atoms with van der Waals surface area (Å²) in [4.78, 5) is 0. The Bertz CT molecular complexity index is 619. The molecule has 1 heterocycles. The van der Waals surface area contributed by atoms with Gasteiger partial charge in [-0.3, -0.25) is 0 Å². The molecule has 0 aliphatic heterocycles. The number of aryl methyl sites for hydroxylation is 2. The molecule has 2 heteroatoms. The Morgan fingerprint density at radius 2 is 0.775 bits per heavy atom. The highest BCUT2D eigenvalue weighted by Crippen LogP contribution is 2.15. The Morgan fingerprint density at radius 1 is 0.425 bits per heavy atom. The monoisotopic (exact) mass is 560 g/mol. The summed E-state index contributed by atoms with van der Waals surface area (Å²) in [5.41, 5.74) is 0. The summed E-state index contributed by atoms with van der Waals surface area (Å²) >= 11 is 0. The third-order valence-corrected chi connectivity index (χ3v) is 9.10. The number of rotatable bonds is 32. The summed E-state index contributed by atoms with van der Waals surface area (Å²) in [6, 6.07) is 0. The van der Waals surface area contributed by atoms with Gasteiger partial charge in [0.1, 0.15) is 12.4 Å². The van der Waals surface area contributed by atoms with Crippen LogP contribution < -0.4 is 4.57 Å². The maximum Gasteiger partial charge on any atom is 0.256 e. The number of hydrogen-bond acceptors (Lipinski definition) is 0. The molecule has 0 radical (unpaired) electrons. The first-order chi connectivity index (χ1) is 19.8. The van der Waals surface area contributed by atoms with Crippen LogP contribution in [0, 0.1) is 0 Å². The van der Waals surface area contributed by atoms with Gasteiger partial charge < -0.3 is 0 Å². The minimum absolute atomic E-state index is 1.20. The number of hydrogen-bond donors (Lipinski definition) is 0. The van der Waals surface area contributed by atoms with E-state index in [2.05, 4.69) is 42.3 Å². The quantitative estimate of drug-likeness (QED) is 0.0613. The predicted octanol–water partition coefficient (Wildman–Crippen LogP) is 12.7. The van der Waals surface area contributed by atoms with Gasteiger partial charge in [-0.2, -0.15) is 0 Å². The molecule has 1 rings (SSSR count). The first-order valence-electron chi connectivity index (χ1n) is 18.9. The van der Waals surface area contributed by atoms with E-state index in [1.807, 2.05) is 0 Å². The Kier molecular flexibility index (Phi) is 27.6. The zero-order valence-corrected chi connectivity index (χ0v) is 28.2. The van der Waals surface area contributed by atoms with Crippen molar-refractivity contribution in [3.63, 3.8) is 0 Å². The lowest BCUT2D eigenvalue weighted by Gasteiger charge is -2.07. The molecule has 0 atom stereocenters. The smallest absolute Gasteiger partial charge is 0.234 e. The second-order valence-electron chi connectivity index (χ2n) is 13.0. The third-order valence-electron chi connectivity index (χ3n) is 9.10. The van der Waals surface area contributed by atoms with Crippen LogP contribution in [0.5, 0.6) is 0 Å². The van der Waals surface area contributed by atoms with Gasteiger partial charge in [-0.05, 0) is 25.7 Å². The third kappa shape index (κ3) is 21.9. The average Bonchev–Trinajstić information content (AvgIpc) is 3.35. The van der Waals surface area contributed by atoms with E-state index < -0.39 is 0 Å². The minimum Gasteiger partial charge on any atom is -0.234 e. The fourth-order valence-corrected chi connectivity index (χ4v) is 6.30. The molecule has 0 N–H and O–H groups in total. The molecule has 0 bridgehead atoms. The second kappa shape index (κ2) is 29.7. The fraction of sp³-hybridized carbons (Fsp3) is 0.921. The summed E-state index contributed by atoms with van der Waals surface area (Å²) < 4.78 is 5.19. The molecule has 0 aromatic carbocycles. The standard InChI is InChI=1S/C38H75N2/c1-4-7-10-12-14-16-18-20-22-24-26-28-30-32-35-40-37-36-39(34-9-6-3)38(40)33-31-29-27-25-23-21-19-17-15-13-11-8-5-2/h36-37H,4-35H2,1-3H3/q+1. The minimum atomic E-state index is 1.20. The number of aromatic nitrogens is 2. The Labute approximate surface area is 253 Å². The van der Waals surface area contributed by atoms with Crippen molar-refractivity contribution in [2.45, 2.75) is 226 Å². The van der Waals surface area contributed by atoms with Crippen LogP contribution in [0.15, 0.2) is 12.4 Å². The normalized spacial score (nSPS) is 11.6. The van der Waals surface area contributed by atoms with Crippen molar-refractivity contribution in [1.29, 1.82) is 0 Å². The van der Waals surface area contributed by atoms with Crippen molar-refractivity contribution >= 4 is 0 Å². The number of unbranched alkanes of at least 4 members (excludes halogenated alkanes) is 26. The zero-order chi connectivity index (χ0) is 28.8. The van der Waals surface area contributed by atoms with Gasteiger partial charge in [-0.25, -0.2) is 9.13 Å². The lowest BCUT2D eigenvalue weighted by molar-refractivity contribution is -0.704. The predicted molar refractivity (Wildman–Crippen MR) is 179 cm³/mol. The molecule has 2 nitrogen and oxygen atoms in total. The maximum atomic E-state index is 2.61. The van der Waals surface area contributed by atoms with Crippen LogP contribution in [0.3, 0.4) is 0 Å². The largest absolute Gasteiger partial charge is 0.256 e. The van der Waals surface area contributed by atoms with Gasteiger partial charge in [0, 0.05) is 6.42 Å². The maximum absolute atomic E-state index is 2.61. The molecule has 0 aliphatic rings. The summed E-state index contributed by atoms with van der Waals surface area (Å²) in [7, 11) is 0. The highest BCUT2D eigenvalue weighted by atomic mass is 15.1. The van der Waals surface area contributed by atoms with Crippen molar-refractivity contribution in [3.8, 4) is 0 Å². The lowest BCUT2D eigenvalue weighted by Crippen LogP contribution is -2.37. The summed E-state index contributed by atoms with van der Waals surface area (Å²) in [6.07, 6.45) is 47.5. The Hall–Kier alpha value is -0.790. The molecule has 0 saturated heterocycles. The van der Waals surface area contributed by atoms with Crippen molar-refractivity contribution in [3.05, 3.63) is 18.2 Å². The molecule has 1 aromatic rings. The first-order valence-corrected chi connectivity index (χ1v) is 18.9. The number of nitrogens with zero attached hydrogens (tertiary/aromatic N) is 2. The molecule has 0 unspecified atom stereocenters. The van der Waals surface area contributed by atoms with Crippen LogP contribution in [0.4, 0.5) is 0 Å². The fourth-order valence-electron chi connectivity index (χ4n) is 6.30. The van der Waals surface area contributed by atoms with Gasteiger partial charge in [0.2, 0.25) is 0 Å². The van der Waals surface area contributed by atoms with Crippen LogP contribution in [0.25, 0.3) is 0 Å².